The number of aromatic nitrogens is 1. The maximum Gasteiger partial charge on any atom is 0.305 e. The van der Waals surface area contributed by atoms with Crippen molar-refractivity contribution >= 4 is 57.9 Å². The Balaban J connectivity index is 1.10. The predicted octanol–water partition coefficient (Wildman–Crippen LogP) is 5.75. The number of para-hydroxylation sites is 1. The van der Waals surface area contributed by atoms with Crippen LogP contribution in [0.25, 0.3) is 0 Å². The van der Waals surface area contributed by atoms with Gasteiger partial charge in [-0.15, -0.1) is 11.8 Å². The Bertz CT molecular complexity index is 2110. The lowest BCUT2D eigenvalue weighted by Crippen LogP contribution is -2.42. The smallest absolute Gasteiger partial charge is 0.305 e. The zero-order valence-corrected chi connectivity index (χ0v) is 28.6. The van der Waals surface area contributed by atoms with Crippen molar-refractivity contribution < 1.29 is 28.8 Å². The molecule has 3 amide bonds. The molecule has 2 N–H and O–H groups in total. The molecule has 8 rings (SSSR count). The molecule has 14 heteroatoms. The van der Waals surface area contributed by atoms with Gasteiger partial charge in [-0.2, -0.15) is 0 Å². The summed E-state index contributed by atoms with van der Waals surface area (Å²) in [6.07, 6.45) is 0.717. The quantitative estimate of drug-likeness (QED) is 0.125. The molecule has 4 aliphatic rings. The third-order valence-corrected chi connectivity index (χ3v) is 13.0. The predicted molar refractivity (Wildman–Crippen MR) is 187 cm³/mol. The van der Waals surface area contributed by atoms with Crippen molar-refractivity contribution in [3.8, 4) is 11.5 Å². The standard InChI is InChI=1S/C36H32N4O8S2/c1-3-47-25-14-18(8-13-24(25)48-16-26(41)37-23-7-5-4-6-17(23)2)27-28-21-15-22(31(28)49-33-32(27)50-36(44)38-33)30-29(21)34(42)39(35(30)43)19-9-11-20(12-10-19)40(45)46/h4-14,21-22,27-31H,3,15-16H2,1-2H3,(H,37,41)(H,38,44)/t21-,22-,27+,28-,29+,30+,31-/m1/s1. The molecule has 7 atom stereocenters. The van der Waals surface area contributed by atoms with Crippen LogP contribution in [0.2, 0.25) is 0 Å². The number of thioether (sulfide) groups is 1. The van der Waals surface area contributed by atoms with Gasteiger partial charge >= 0.3 is 4.87 Å². The number of benzene rings is 3. The van der Waals surface area contributed by atoms with E-state index >= 15 is 0 Å². The van der Waals surface area contributed by atoms with E-state index < -0.39 is 16.8 Å². The van der Waals surface area contributed by atoms with Crippen molar-refractivity contribution in [1.29, 1.82) is 0 Å². The van der Waals surface area contributed by atoms with Crippen LogP contribution in [0.15, 0.2) is 76.6 Å². The van der Waals surface area contributed by atoms with E-state index in [9.17, 15) is 29.3 Å². The van der Waals surface area contributed by atoms with Crippen molar-refractivity contribution in [1.82, 2.24) is 4.98 Å². The van der Waals surface area contributed by atoms with Crippen LogP contribution < -0.4 is 24.6 Å². The molecule has 12 nitrogen and oxygen atoms in total. The minimum Gasteiger partial charge on any atom is -0.490 e. The van der Waals surface area contributed by atoms with Gasteiger partial charge in [0.1, 0.15) is 0 Å². The number of rotatable bonds is 9. The number of aryl methyl sites for hydroxylation is 1. The van der Waals surface area contributed by atoms with Crippen LogP contribution in [0.3, 0.4) is 0 Å². The highest BCUT2D eigenvalue weighted by atomic mass is 32.2. The van der Waals surface area contributed by atoms with Crippen molar-refractivity contribution in [3.05, 3.63) is 103 Å². The number of nitrogens with zero attached hydrogens (tertiary/aromatic N) is 2. The summed E-state index contributed by atoms with van der Waals surface area (Å²) in [5.74, 6) is -1.50. The number of carbonyl (C=O) groups is 3. The Morgan fingerprint density at radius 2 is 1.74 bits per heavy atom. The van der Waals surface area contributed by atoms with Crippen molar-refractivity contribution in [3.63, 3.8) is 0 Å². The summed E-state index contributed by atoms with van der Waals surface area (Å²) < 4.78 is 12.0. The average Bonchev–Trinajstić information content (AvgIpc) is 3.84. The molecule has 2 saturated carbocycles. The fourth-order valence-corrected chi connectivity index (χ4v) is 11.4. The molecule has 2 aliphatic carbocycles. The molecule has 0 radical (unpaired) electrons. The summed E-state index contributed by atoms with van der Waals surface area (Å²) >= 11 is 2.75. The molecular weight excluding hydrogens is 681 g/mol. The van der Waals surface area contributed by atoms with Gasteiger partial charge in [-0.1, -0.05) is 35.6 Å². The van der Waals surface area contributed by atoms with E-state index in [1.54, 1.807) is 17.8 Å². The van der Waals surface area contributed by atoms with Gasteiger partial charge in [0.2, 0.25) is 11.8 Å². The Morgan fingerprint density at radius 3 is 2.46 bits per heavy atom. The van der Waals surface area contributed by atoms with Gasteiger partial charge in [0.15, 0.2) is 18.1 Å². The lowest BCUT2D eigenvalue weighted by Gasteiger charge is -2.43. The summed E-state index contributed by atoms with van der Waals surface area (Å²) in [4.78, 5) is 69.1. The molecular formula is C36H32N4O8S2. The number of non-ortho nitro benzene ring substituents is 1. The zero-order valence-electron chi connectivity index (χ0n) is 27.0. The number of ether oxygens (including phenoxy) is 2. The summed E-state index contributed by atoms with van der Waals surface area (Å²) in [5.41, 5.74) is 2.75. The fraction of sp³-hybridized carbons (Fsp3) is 0.333. The number of nitro benzene ring substituents is 1. The van der Waals surface area contributed by atoms with Gasteiger partial charge in [-0.05, 0) is 79.5 Å². The lowest BCUT2D eigenvalue weighted by molar-refractivity contribution is -0.384. The molecule has 3 fully saturated rings. The van der Waals surface area contributed by atoms with E-state index in [1.807, 2.05) is 50.2 Å². The van der Waals surface area contributed by atoms with Crippen LogP contribution in [0.1, 0.15) is 35.3 Å². The minimum atomic E-state index is -0.523. The van der Waals surface area contributed by atoms with E-state index in [0.29, 0.717) is 35.9 Å². The molecule has 3 aromatic carbocycles. The van der Waals surface area contributed by atoms with Crippen LogP contribution in [0.4, 0.5) is 17.1 Å². The molecule has 50 heavy (non-hydrogen) atoms. The SMILES string of the molecule is CCOc1cc([C@@H]2c3sc(=O)[nH]c3S[C@@H]3[C@@H]4C[C@@H]([C@@H]5C(=O)N(c6ccc([N+](=O)[O-])cc6)C(=O)[C@@H]45)[C@H]23)ccc1OCC(=O)Nc1ccccc1C. The first-order chi connectivity index (χ1) is 24.1. The number of anilines is 2. The van der Waals surface area contributed by atoms with Gasteiger partial charge in [-0.25, -0.2) is 0 Å². The van der Waals surface area contributed by atoms with Crippen LogP contribution in [0, 0.1) is 46.6 Å². The highest BCUT2D eigenvalue weighted by molar-refractivity contribution is 8.00. The van der Waals surface area contributed by atoms with Gasteiger partial charge in [-0.3, -0.25) is 34.2 Å². The second-order valence-corrected chi connectivity index (χ2v) is 15.2. The second kappa shape index (κ2) is 12.4. The number of amides is 3. The molecule has 0 spiro atoms. The summed E-state index contributed by atoms with van der Waals surface area (Å²) in [5, 5.41) is 14.8. The topological polar surface area (TPSA) is 161 Å². The Hall–Kier alpha value is -4.95. The van der Waals surface area contributed by atoms with Crippen LogP contribution in [-0.4, -0.2) is 46.1 Å². The first kappa shape index (κ1) is 32.3. The number of imide groups is 1. The molecule has 256 valence electrons. The normalized spacial score (nSPS) is 26.0. The third-order valence-electron chi connectivity index (χ3n) is 10.4. The maximum absolute atomic E-state index is 14.1. The molecule has 0 unspecified atom stereocenters. The van der Waals surface area contributed by atoms with Crippen molar-refractivity contribution in [2.24, 2.45) is 29.6 Å². The highest BCUT2D eigenvalue weighted by Gasteiger charge is 2.69. The fourth-order valence-electron chi connectivity index (χ4n) is 8.52. The maximum atomic E-state index is 14.1. The number of hydrogen-bond donors (Lipinski definition) is 2. The monoisotopic (exact) mass is 712 g/mol. The number of nitro groups is 1. The number of thiazole rings is 1. The lowest BCUT2D eigenvalue weighted by atomic mass is 9.68. The number of H-pyrrole nitrogens is 1. The average molecular weight is 713 g/mol. The van der Waals surface area contributed by atoms with Crippen molar-refractivity contribution in [2.75, 3.05) is 23.4 Å². The van der Waals surface area contributed by atoms with Gasteiger partial charge in [0.05, 0.1) is 34.1 Å². The molecule has 2 aliphatic heterocycles. The minimum absolute atomic E-state index is 0.0193. The van der Waals surface area contributed by atoms with Crippen LogP contribution in [0.5, 0.6) is 11.5 Å². The van der Waals surface area contributed by atoms with Gasteiger partial charge in [0.25, 0.3) is 11.6 Å². The van der Waals surface area contributed by atoms with E-state index in [2.05, 4.69) is 10.3 Å². The second-order valence-electron chi connectivity index (χ2n) is 13.0. The van der Waals surface area contributed by atoms with E-state index in [-0.39, 0.29) is 63.8 Å². The first-order valence-corrected chi connectivity index (χ1v) is 18.1. The van der Waals surface area contributed by atoms with Crippen LogP contribution in [-0.2, 0) is 14.4 Å². The number of nitrogens with one attached hydrogen (secondary N) is 2. The Labute approximate surface area is 294 Å². The highest BCUT2D eigenvalue weighted by Crippen LogP contribution is 2.68. The van der Waals surface area contributed by atoms with E-state index in [1.165, 1.54) is 29.2 Å². The summed E-state index contributed by atoms with van der Waals surface area (Å²) in [7, 11) is 0. The first-order valence-electron chi connectivity index (χ1n) is 16.4. The summed E-state index contributed by atoms with van der Waals surface area (Å²) in [6, 6.07) is 18.6. The summed E-state index contributed by atoms with van der Waals surface area (Å²) in [6.45, 7) is 3.90. The zero-order chi connectivity index (χ0) is 34.8. The molecule has 1 saturated heterocycles. The molecule has 3 heterocycles. The largest absolute Gasteiger partial charge is 0.490 e. The molecule has 2 bridgehead atoms. The van der Waals surface area contributed by atoms with Crippen LogP contribution >= 0.6 is 23.1 Å². The Morgan fingerprint density at radius 1 is 1.00 bits per heavy atom. The Kier molecular flexibility index (Phi) is 8.02. The third kappa shape index (κ3) is 5.19. The van der Waals surface area contributed by atoms with Gasteiger partial charge < -0.3 is 19.8 Å². The van der Waals surface area contributed by atoms with Gasteiger partial charge in [0, 0.05) is 33.9 Å². The number of aromatic amines is 1. The molecule has 4 aromatic rings. The molecule has 1 aromatic heterocycles. The van der Waals surface area contributed by atoms with Crippen molar-refractivity contribution in [2.45, 2.75) is 36.5 Å². The van der Waals surface area contributed by atoms with E-state index in [0.717, 1.165) is 32.4 Å². The number of carbonyl (C=O) groups excluding carboxylic acids is 3. The van der Waals surface area contributed by atoms with E-state index in [4.69, 9.17) is 9.47 Å². The number of fused-ring (bicyclic) bond motifs is 9. The number of hydrogen-bond acceptors (Lipinski definition) is 10.